The molecule has 0 spiro atoms. The van der Waals surface area contributed by atoms with E-state index in [1.54, 1.807) is 6.07 Å². The van der Waals surface area contributed by atoms with Gasteiger partial charge in [-0.15, -0.1) is 12.4 Å². The van der Waals surface area contributed by atoms with Crippen LogP contribution in [0.1, 0.15) is 12.8 Å². The van der Waals surface area contributed by atoms with Gasteiger partial charge in [0.05, 0.1) is 5.02 Å². The number of nitrogens with zero attached hydrogens (tertiary/aromatic N) is 1. The van der Waals surface area contributed by atoms with Crippen molar-refractivity contribution in [3.05, 3.63) is 28.2 Å². The Bertz CT molecular complexity index is 543. The van der Waals surface area contributed by atoms with E-state index in [-0.39, 0.29) is 28.4 Å². The van der Waals surface area contributed by atoms with Crippen LogP contribution in [0.3, 0.4) is 0 Å². The van der Waals surface area contributed by atoms with Gasteiger partial charge >= 0.3 is 0 Å². The Hall–Kier alpha value is -0.0400. The van der Waals surface area contributed by atoms with Gasteiger partial charge in [0, 0.05) is 24.2 Å². The quantitative estimate of drug-likeness (QED) is 0.896. The van der Waals surface area contributed by atoms with Crippen molar-refractivity contribution >= 4 is 45.6 Å². The van der Waals surface area contributed by atoms with Crippen LogP contribution in [0.15, 0.2) is 23.1 Å². The van der Waals surface area contributed by atoms with Crippen molar-refractivity contribution in [3.8, 4) is 0 Å². The molecule has 2 N–H and O–H groups in total. The van der Waals surface area contributed by atoms with Gasteiger partial charge in [0.1, 0.15) is 4.90 Å². The highest BCUT2D eigenvalue weighted by molar-refractivity contribution is 7.89. The molecular weight excluding hydrogens is 331 g/mol. The van der Waals surface area contributed by atoms with Gasteiger partial charge in [0.15, 0.2) is 0 Å². The number of hydrogen-bond donors (Lipinski definition) is 1. The van der Waals surface area contributed by atoms with Crippen molar-refractivity contribution < 1.29 is 8.42 Å². The zero-order valence-electron chi connectivity index (χ0n) is 10.1. The van der Waals surface area contributed by atoms with Crippen molar-refractivity contribution in [2.75, 3.05) is 13.1 Å². The van der Waals surface area contributed by atoms with Crippen LogP contribution in [0, 0.1) is 0 Å². The summed E-state index contributed by atoms with van der Waals surface area (Å²) in [7, 11) is -3.58. The summed E-state index contributed by atoms with van der Waals surface area (Å²) in [5.41, 5.74) is 5.76. The molecule has 19 heavy (non-hydrogen) atoms. The zero-order valence-corrected chi connectivity index (χ0v) is 13.2. The number of rotatable bonds is 2. The van der Waals surface area contributed by atoms with Gasteiger partial charge in [-0.1, -0.05) is 23.2 Å². The monoisotopic (exact) mass is 344 g/mol. The largest absolute Gasteiger partial charge is 0.328 e. The molecule has 0 aliphatic carbocycles. The van der Waals surface area contributed by atoms with Gasteiger partial charge < -0.3 is 5.73 Å². The lowest BCUT2D eigenvalue weighted by Gasteiger charge is -2.29. The van der Waals surface area contributed by atoms with Gasteiger partial charge in [0.25, 0.3) is 0 Å². The van der Waals surface area contributed by atoms with E-state index < -0.39 is 10.0 Å². The second-order valence-corrected chi connectivity index (χ2v) is 7.07. The summed E-state index contributed by atoms with van der Waals surface area (Å²) < 4.78 is 26.2. The molecule has 1 fully saturated rings. The Kier molecular flexibility index (Phi) is 5.92. The summed E-state index contributed by atoms with van der Waals surface area (Å²) in [6, 6.07) is 4.51. The maximum absolute atomic E-state index is 12.4. The van der Waals surface area contributed by atoms with E-state index in [1.165, 1.54) is 16.4 Å². The fourth-order valence-corrected chi connectivity index (χ4v) is 4.14. The average molecular weight is 346 g/mol. The molecule has 0 unspecified atom stereocenters. The Morgan fingerprint density at radius 3 is 2.37 bits per heavy atom. The van der Waals surface area contributed by atoms with Gasteiger partial charge in [-0.25, -0.2) is 8.42 Å². The van der Waals surface area contributed by atoms with Crippen molar-refractivity contribution in [3.63, 3.8) is 0 Å². The van der Waals surface area contributed by atoms with Gasteiger partial charge in [-0.3, -0.25) is 0 Å². The molecular formula is C11H15Cl3N2O2S. The maximum atomic E-state index is 12.4. The molecule has 108 valence electrons. The minimum absolute atomic E-state index is 0. The van der Waals surface area contributed by atoms with Crippen LogP contribution >= 0.6 is 35.6 Å². The number of benzene rings is 1. The van der Waals surface area contributed by atoms with E-state index in [2.05, 4.69) is 0 Å². The molecule has 4 nitrogen and oxygen atoms in total. The molecule has 1 aliphatic heterocycles. The van der Waals surface area contributed by atoms with Crippen LogP contribution in [-0.2, 0) is 10.0 Å². The normalized spacial score (nSPS) is 18.1. The predicted octanol–water partition coefficient (Wildman–Crippen LogP) is 2.53. The second kappa shape index (κ2) is 6.61. The SMILES string of the molecule is Cl.NC1CCN(S(=O)(=O)c2cc(Cl)ccc2Cl)CC1. The van der Waals surface area contributed by atoms with E-state index in [0.29, 0.717) is 31.0 Å². The molecule has 1 aromatic rings. The zero-order chi connectivity index (χ0) is 13.3. The molecule has 1 aromatic carbocycles. The number of nitrogens with two attached hydrogens (primary N) is 1. The number of halogens is 3. The van der Waals surface area contributed by atoms with Crippen LogP contribution < -0.4 is 5.73 Å². The first-order chi connectivity index (χ1) is 8.41. The Morgan fingerprint density at radius 1 is 1.21 bits per heavy atom. The van der Waals surface area contributed by atoms with Crippen LogP contribution in [0.5, 0.6) is 0 Å². The highest BCUT2D eigenvalue weighted by Crippen LogP contribution is 2.29. The standard InChI is InChI=1S/C11H14Cl2N2O2S.ClH/c12-8-1-2-10(13)11(7-8)18(16,17)15-5-3-9(14)4-6-15;/h1-2,7,9H,3-6,14H2;1H. The molecule has 0 atom stereocenters. The molecule has 1 aliphatic rings. The first-order valence-corrected chi connectivity index (χ1v) is 7.81. The first-order valence-electron chi connectivity index (χ1n) is 5.62. The summed E-state index contributed by atoms with van der Waals surface area (Å²) in [5, 5.41) is 0.543. The fraction of sp³-hybridized carbons (Fsp3) is 0.455. The van der Waals surface area contributed by atoms with Crippen LogP contribution in [-0.4, -0.2) is 31.9 Å². The highest BCUT2D eigenvalue weighted by atomic mass is 35.5. The average Bonchev–Trinajstić information content (AvgIpc) is 2.32. The van der Waals surface area contributed by atoms with E-state index in [0.717, 1.165) is 0 Å². The summed E-state index contributed by atoms with van der Waals surface area (Å²) in [6.07, 6.45) is 1.33. The van der Waals surface area contributed by atoms with Crippen LogP contribution in [0.25, 0.3) is 0 Å². The summed E-state index contributed by atoms with van der Waals surface area (Å²) in [6.45, 7) is 0.846. The summed E-state index contributed by atoms with van der Waals surface area (Å²) in [4.78, 5) is 0.0622. The molecule has 0 saturated carbocycles. The minimum atomic E-state index is -3.58. The summed E-state index contributed by atoms with van der Waals surface area (Å²) >= 11 is 11.8. The van der Waals surface area contributed by atoms with Gasteiger partial charge in [0.2, 0.25) is 10.0 Å². The van der Waals surface area contributed by atoms with Crippen molar-refractivity contribution in [2.24, 2.45) is 5.73 Å². The third-order valence-corrected chi connectivity index (χ3v) is 5.62. The van der Waals surface area contributed by atoms with Gasteiger partial charge in [-0.05, 0) is 31.0 Å². The highest BCUT2D eigenvalue weighted by Gasteiger charge is 2.29. The smallest absolute Gasteiger partial charge is 0.244 e. The lowest BCUT2D eigenvalue weighted by atomic mass is 10.1. The molecule has 0 bridgehead atoms. The Morgan fingerprint density at radius 2 is 1.79 bits per heavy atom. The molecule has 1 heterocycles. The van der Waals surface area contributed by atoms with Crippen molar-refractivity contribution in [2.45, 2.75) is 23.8 Å². The topological polar surface area (TPSA) is 63.4 Å². The van der Waals surface area contributed by atoms with E-state index in [4.69, 9.17) is 28.9 Å². The number of hydrogen-bond acceptors (Lipinski definition) is 3. The molecule has 0 amide bonds. The Balaban J connectivity index is 0.00000180. The van der Waals surface area contributed by atoms with Crippen LogP contribution in [0.2, 0.25) is 10.0 Å². The van der Waals surface area contributed by atoms with Crippen LogP contribution in [0.4, 0.5) is 0 Å². The third-order valence-electron chi connectivity index (χ3n) is 3.01. The maximum Gasteiger partial charge on any atom is 0.244 e. The second-order valence-electron chi connectivity index (χ2n) is 4.32. The van der Waals surface area contributed by atoms with E-state index >= 15 is 0 Å². The number of sulfonamides is 1. The molecule has 0 radical (unpaired) electrons. The molecule has 8 heteroatoms. The lowest BCUT2D eigenvalue weighted by Crippen LogP contribution is -2.42. The van der Waals surface area contributed by atoms with E-state index in [1.807, 2.05) is 0 Å². The van der Waals surface area contributed by atoms with Crippen molar-refractivity contribution in [1.29, 1.82) is 0 Å². The van der Waals surface area contributed by atoms with Gasteiger partial charge in [-0.2, -0.15) is 4.31 Å². The number of piperidine rings is 1. The summed E-state index contributed by atoms with van der Waals surface area (Å²) in [5.74, 6) is 0. The predicted molar refractivity (Wildman–Crippen MR) is 79.7 cm³/mol. The fourth-order valence-electron chi connectivity index (χ4n) is 1.93. The van der Waals surface area contributed by atoms with Crippen molar-refractivity contribution in [1.82, 2.24) is 4.31 Å². The lowest BCUT2D eigenvalue weighted by molar-refractivity contribution is 0.320. The Labute approximate surface area is 129 Å². The van der Waals surface area contributed by atoms with E-state index in [9.17, 15) is 8.42 Å². The molecule has 0 aromatic heterocycles. The molecule has 1 saturated heterocycles. The minimum Gasteiger partial charge on any atom is -0.328 e. The third kappa shape index (κ3) is 3.74. The first kappa shape index (κ1) is 17.0. The molecule has 2 rings (SSSR count).